The normalized spacial score (nSPS) is 15.8. The van der Waals surface area contributed by atoms with Crippen molar-refractivity contribution in [3.63, 3.8) is 0 Å². The van der Waals surface area contributed by atoms with Gasteiger partial charge in [-0.05, 0) is 12.8 Å². The fourth-order valence-corrected chi connectivity index (χ4v) is 1.01. The standard InChI is InChI=1S/C7H12N4.ClH/c1-11-5-7(9-10-11)4-8-6-2-3-6;/h5-6,8H,2-4H2,1H3;1H. The number of nitrogens with one attached hydrogen (secondary N) is 1. The van der Waals surface area contributed by atoms with Gasteiger partial charge in [-0.1, -0.05) is 5.21 Å². The molecule has 1 aliphatic carbocycles. The second-order valence-corrected chi connectivity index (χ2v) is 3.04. The predicted octanol–water partition coefficient (Wildman–Crippen LogP) is 0.489. The molecule has 1 fully saturated rings. The predicted molar refractivity (Wildman–Crippen MR) is 48.1 cm³/mol. The quantitative estimate of drug-likeness (QED) is 0.751. The van der Waals surface area contributed by atoms with Gasteiger partial charge in [0.2, 0.25) is 0 Å². The van der Waals surface area contributed by atoms with Crippen molar-refractivity contribution in [2.24, 2.45) is 7.05 Å². The summed E-state index contributed by atoms with van der Waals surface area (Å²) < 4.78 is 1.73. The SMILES string of the molecule is Cl.Cn1cc(CNC2CC2)nn1. The third-order valence-electron chi connectivity index (χ3n) is 1.80. The molecule has 1 aliphatic rings. The molecule has 1 heterocycles. The molecule has 5 heteroatoms. The minimum absolute atomic E-state index is 0. The van der Waals surface area contributed by atoms with E-state index >= 15 is 0 Å². The number of hydrogen-bond acceptors (Lipinski definition) is 3. The van der Waals surface area contributed by atoms with Gasteiger partial charge in [0.1, 0.15) is 0 Å². The fraction of sp³-hybridized carbons (Fsp3) is 0.714. The minimum Gasteiger partial charge on any atom is -0.308 e. The lowest BCUT2D eigenvalue weighted by molar-refractivity contribution is 0.669. The van der Waals surface area contributed by atoms with E-state index in [0.29, 0.717) is 0 Å². The number of aromatic nitrogens is 3. The summed E-state index contributed by atoms with van der Waals surface area (Å²) in [6, 6.07) is 0.747. The van der Waals surface area contributed by atoms with Crippen LogP contribution >= 0.6 is 12.4 Å². The summed E-state index contributed by atoms with van der Waals surface area (Å²) in [7, 11) is 1.88. The lowest BCUT2D eigenvalue weighted by Crippen LogP contribution is -2.15. The average molecular weight is 189 g/mol. The maximum absolute atomic E-state index is 3.97. The summed E-state index contributed by atoms with van der Waals surface area (Å²) >= 11 is 0. The zero-order valence-corrected chi connectivity index (χ0v) is 7.84. The van der Waals surface area contributed by atoms with Crippen LogP contribution in [0.4, 0.5) is 0 Å². The molecule has 0 bridgehead atoms. The Bertz CT molecular complexity index is 243. The van der Waals surface area contributed by atoms with Crippen LogP contribution in [0.2, 0.25) is 0 Å². The third-order valence-corrected chi connectivity index (χ3v) is 1.80. The van der Waals surface area contributed by atoms with Crippen molar-refractivity contribution in [2.75, 3.05) is 0 Å². The van der Waals surface area contributed by atoms with Crippen LogP contribution < -0.4 is 5.32 Å². The summed E-state index contributed by atoms with van der Waals surface area (Å²) in [5.74, 6) is 0. The minimum atomic E-state index is 0. The van der Waals surface area contributed by atoms with Gasteiger partial charge in [0.15, 0.2) is 0 Å². The van der Waals surface area contributed by atoms with Crippen LogP contribution in [0.25, 0.3) is 0 Å². The monoisotopic (exact) mass is 188 g/mol. The van der Waals surface area contributed by atoms with E-state index in [1.54, 1.807) is 4.68 Å². The second-order valence-electron chi connectivity index (χ2n) is 3.04. The van der Waals surface area contributed by atoms with Crippen molar-refractivity contribution < 1.29 is 0 Å². The van der Waals surface area contributed by atoms with Crippen LogP contribution in [0.3, 0.4) is 0 Å². The van der Waals surface area contributed by atoms with Crippen molar-refractivity contribution >= 4 is 12.4 Å². The molecule has 0 aliphatic heterocycles. The highest BCUT2D eigenvalue weighted by molar-refractivity contribution is 5.85. The average Bonchev–Trinajstić information content (AvgIpc) is 2.72. The molecule has 0 saturated heterocycles. The number of nitrogens with zero attached hydrogens (tertiary/aromatic N) is 3. The summed E-state index contributed by atoms with van der Waals surface area (Å²) in [4.78, 5) is 0. The van der Waals surface area contributed by atoms with E-state index in [-0.39, 0.29) is 12.4 Å². The Morgan fingerprint density at radius 3 is 2.92 bits per heavy atom. The van der Waals surface area contributed by atoms with Gasteiger partial charge >= 0.3 is 0 Å². The number of hydrogen-bond donors (Lipinski definition) is 1. The van der Waals surface area contributed by atoms with E-state index in [1.165, 1.54) is 12.8 Å². The van der Waals surface area contributed by atoms with Gasteiger partial charge in [-0.25, -0.2) is 0 Å². The molecule has 0 radical (unpaired) electrons. The third kappa shape index (κ3) is 2.46. The lowest BCUT2D eigenvalue weighted by atomic mass is 10.4. The van der Waals surface area contributed by atoms with Gasteiger partial charge in [0.25, 0.3) is 0 Å². The van der Waals surface area contributed by atoms with E-state index in [0.717, 1.165) is 18.3 Å². The second kappa shape index (κ2) is 3.87. The van der Waals surface area contributed by atoms with E-state index in [4.69, 9.17) is 0 Å². The Balaban J connectivity index is 0.000000720. The maximum Gasteiger partial charge on any atom is 0.0964 e. The van der Waals surface area contributed by atoms with Crippen molar-refractivity contribution in [3.05, 3.63) is 11.9 Å². The summed E-state index contributed by atoms with van der Waals surface area (Å²) in [5, 5.41) is 11.2. The number of rotatable bonds is 3. The van der Waals surface area contributed by atoms with Gasteiger partial charge in [0.05, 0.1) is 5.69 Å². The number of halogens is 1. The fourth-order valence-electron chi connectivity index (χ4n) is 1.01. The highest BCUT2D eigenvalue weighted by atomic mass is 35.5. The highest BCUT2D eigenvalue weighted by Crippen LogP contribution is 2.18. The Hall–Kier alpha value is -0.610. The zero-order valence-electron chi connectivity index (χ0n) is 7.03. The maximum atomic E-state index is 3.97. The van der Waals surface area contributed by atoms with Crippen LogP contribution in [-0.4, -0.2) is 21.0 Å². The van der Waals surface area contributed by atoms with Crippen LogP contribution in [-0.2, 0) is 13.6 Å². The zero-order chi connectivity index (χ0) is 7.68. The Morgan fingerprint density at radius 1 is 1.67 bits per heavy atom. The van der Waals surface area contributed by atoms with E-state index in [9.17, 15) is 0 Å². The first-order valence-corrected chi connectivity index (χ1v) is 3.93. The molecule has 1 N–H and O–H groups in total. The van der Waals surface area contributed by atoms with Gasteiger partial charge in [-0.15, -0.1) is 17.5 Å². The molecular weight excluding hydrogens is 176 g/mol. The number of aryl methyl sites for hydroxylation is 1. The van der Waals surface area contributed by atoms with Crippen LogP contribution in [0.1, 0.15) is 18.5 Å². The highest BCUT2D eigenvalue weighted by Gasteiger charge is 2.20. The molecular formula is C7H13ClN4. The Labute approximate surface area is 77.7 Å². The van der Waals surface area contributed by atoms with Gasteiger partial charge in [-0.3, -0.25) is 4.68 Å². The van der Waals surface area contributed by atoms with E-state index < -0.39 is 0 Å². The largest absolute Gasteiger partial charge is 0.308 e. The first-order valence-electron chi connectivity index (χ1n) is 3.93. The van der Waals surface area contributed by atoms with Crippen LogP contribution in [0.5, 0.6) is 0 Å². The smallest absolute Gasteiger partial charge is 0.0964 e. The molecule has 2 rings (SSSR count). The van der Waals surface area contributed by atoms with Crippen LogP contribution in [0, 0.1) is 0 Å². The molecule has 12 heavy (non-hydrogen) atoms. The van der Waals surface area contributed by atoms with Crippen molar-refractivity contribution in [1.82, 2.24) is 20.3 Å². The van der Waals surface area contributed by atoms with Gasteiger partial charge in [-0.2, -0.15) is 0 Å². The van der Waals surface area contributed by atoms with Crippen LogP contribution in [0.15, 0.2) is 6.20 Å². The molecule has 0 amide bonds. The molecule has 0 atom stereocenters. The molecule has 0 aromatic carbocycles. The van der Waals surface area contributed by atoms with Crippen molar-refractivity contribution in [3.8, 4) is 0 Å². The summed E-state index contributed by atoms with van der Waals surface area (Å²) in [6.07, 6.45) is 4.58. The van der Waals surface area contributed by atoms with Gasteiger partial charge < -0.3 is 5.32 Å². The molecule has 0 unspecified atom stereocenters. The lowest BCUT2D eigenvalue weighted by Gasteiger charge is -1.95. The molecule has 4 nitrogen and oxygen atoms in total. The Morgan fingerprint density at radius 2 is 2.42 bits per heavy atom. The van der Waals surface area contributed by atoms with Crippen molar-refractivity contribution in [2.45, 2.75) is 25.4 Å². The first-order chi connectivity index (χ1) is 5.34. The summed E-state index contributed by atoms with van der Waals surface area (Å²) in [6.45, 7) is 0.860. The molecule has 1 saturated carbocycles. The van der Waals surface area contributed by atoms with Gasteiger partial charge in [0, 0.05) is 25.8 Å². The first kappa shape index (κ1) is 9.48. The molecule has 68 valence electrons. The van der Waals surface area contributed by atoms with E-state index in [1.807, 2.05) is 13.2 Å². The van der Waals surface area contributed by atoms with E-state index in [2.05, 4.69) is 15.6 Å². The summed E-state index contributed by atoms with van der Waals surface area (Å²) in [5.41, 5.74) is 1.03. The van der Waals surface area contributed by atoms with Crippen molar-refractivity contribution in [1.29, 1.82) is 0 Å². The molecule has 1 aromatic rings. The topological polar surface area (TPSA) is 42.7 Å². The molecule has 1 aromatic heterocycles. The Kier molecular flexibility index (Phi) is 3.05. The molecule has 0 spiro atoms.